The molecule has 1 fully saturated rings. The van der Waals surface area contributed by atoms with Crippen molar-refractivity contribution in [3.05, 3.63) is 0 Å². The summed E-state index contributed by atoms with van der Waals surface area (Å²) in [6.07, 6.45) is 0. The Morgan fingerprint density at radius 2 is 0.789 bits per heavy atom. The maximum absolute atomic E-state index is 6.52. The first kappa shape index (κ1) is 17.8. The Balaban J connectivity index is 3.19. The third kappa shape index (κ3) is 4.60. The van der Waals surface area contributed by atoms with E-state index in [1.807, 2.05) is 0 Å². The van der Waals surface area contributed by atoms with Crippen LogP contribution >= 0.6 is 0 Å². The molecule has 1 aliphatic heterocycles. The van der Waals surface area contributed by atoms with Crippen molar-refractivity contribution in [2.45, 2.75) is 71.6 Å². The SMILES string of the molecule is CC(C)(C)[Si]1(C)O[Si](C)(C)O[Si](C)(C)O[Si](C)(C)O1. The molecule has 1 rings (SSSR count). The molecule has 0 aromatic heterocycles. The van der Waals surface area contributed by atoms with Gasteiger partial charge in [0, 0.05) is 5.04 Å². The van der Waals surface area contributed by atoms with E-state index < -0.39 is 34.2 Å². The molecular weight excluding hydrogens is 308 g/mol. The van der Waals surface area contributed by atoms with E-state index in [0.29, 0.717) is 0 Å². The molecule has 0 unspecified atom stereocenters. The van der Waals surface area contributed by atoms with Crippen molar-refractivity contribution in [3.63, 3.8) is 0 Å². The largest absolute Gasteiger partial charge is 0.416 e. The zero-order valence-electron chi connectivity index (χ0n) is 14.1. The van der Waals surface area contributed by atoms with Gasteiger partial charge < -0.3 is 16.5 Å². The molecule has 1 heterocycles. The van der Waals surface area contributed by atoms with Crippen LogP contribution in [0, 0.1) is 0 Å². The number of rotatable bonds is 0. The topological polar surface area (TPSA) is 36.9 Å². The smallest absolute Gasteiger partial charge is 0.322 e. The van der Waals surface area contributed by atoms with Gasteiger partial charge in [-0.15, -0.1) is 0 Å². The minimum atomic E-state index is -2.36. The van der Waals surface area contributed by atoms with Crippen molar-refractivity contribution in [2.75, 3.05) is 0 Å². The standard InChI is InChI=1S/C11H30O4Si4/c1-11(2,3)19(10)14-17(6,7)12-16(4,5)13-18(8,9)15-19/h1-10H3. The van der Waals surface area contributed by atoms with Gasteiger partial charge in [-0.3, -0.25) is 0 Å². The molecule has 4 nitrogen and oxygen atoms in total. The van der Waals surface area contributed by atoms with Crippen LogP contribution in [-0.2, 0) is 16.5 Å². The lowest BCUT2D eigenvalue weighted by molar-refractivity contribution is 0.219. The summed E-state index contributed by atoms with van der Waals surface area (Å²) in [4.78, 5) is 0. The van der Waals surface area contributed by atoms with Crippen molar-refractivity contribution in [2.24, 2.45) is 0 Å². The predicted octanol–water partition coefficient (Wildman–Crippen LogP) is 4.04. The fourth-order valence-electron chi connectivity index (χ4n) is 2.51. The summed E-state index contributed by atoms with van der Waals surface area (Å²) in [5.74, 6) is 0. The van der Waals surface area contributed by atoms with Crippen molar-refractivity contribution in [1.82, 2.24) is 0 Å². The normalized spacial score (nSPS) is 29.4. The Hall–Kier alpha value is 0.708. The molecule has 0 bridgehead atoms. The first-order valence-electron chi connectivity index (χ1n) is 6.88. The fourth-order valence-corrected chi connectivity index (χ4v) is 24.1. The van der Waals surface area contributed by atoms with E-state index in [1.165, 1.54) is 0 Å². The fraction of sp³-hybridized carbons (Fsp3) is 1.00. The Bertz CT molecular complexity index is 327. The van der Waals surface area contributed by atoms with Gasteiger partial charge in [0.15, 0.2) is 0 Å². The Morgan fingerprint density at radius 1 is 0.526 bits per heavy atom. The predicted molar refractivity (Wildman–Crippen MR) is 88.1 cm³/mol. The lowest BCUT2D eigenvalue weighted by Crippen LogP contribution is -2.67. The molecule has 114 valence electrons. The molecule has 0 saturated carbocycles. The lowest BCUT2D eigenvalue weighted by atomic mass is 10.3. The van der Waals surface area contributed by atoms with Crippen LogP contribution in [0.15, 0.2) is 0 Å². The van der Waals surface area contributed by atoms with Gasteiger partial charge in [-0.2, -0.15) is 0 Å². The van der Waals surface area contributed by atoms with E-state index in [9.17, 15) is 0 Å². The zero-order valence-corrected chi connectivity index (χ0v) is 18.1. The minimum absolute atomic E-state index is 0.00268. The van der Waals surface area contributed by atoms with Crippen molar-refractivity contribution in [3.8, 4) is 0 Å². The summed E-state index contributed by atoms with van der Waals surface area (Å²) >= 11 is 0. The summed E-state index contributed by atoms with van der Waals surface area (Å²) in [5.41, 5.74) is 0. The second kappa shape index (κ2) is 4.87. The molecular formula is C11H30O4Si4. The van der Waals surface area contributed by atoms with Gasteiger partial charge in [0.25, 0.3) is 0 Å². The Kier molecular flexibility index (Phi) is 4.55. The second-order valence-electron chi connectivity index (χ2n) is 7.80. The van der Waals surface area contributed by atoms with Gasteiger partial charge in [0.1, 0.15) is 0 Å². The zero-order chi connectivity index (χ0) is 15.3. The van der Waals surface area contributed by atoms with Crippen LogP contribution in [0.5, 0.6) is 0 Å². The molecule has 0 aromatic carbocycles. The minimum Gasteiger partial charge on any atom is -0.416 e. The molecule has 0 aromatic rings. The molecule has 0 spiro atoms. The maximum Gasteiger partial charge on any atom is 0.322 e. The molecule has 0 atom stereocenters. The maximum atomic E-state index is 6.52. The highest BCUT2D eigenvalue weighted by Gasteiger charge is 2.56. The molecule has 1 aliphatic rings. The highest BCUT2D eigenvalue weighted by Crippen LogP contribution is 2.43. The first-order chi connectivity index (χ1) is 8.08. The van der Waals surface area contributed by atoms with Gasteiger partial charge in [0.05, 0.1) is 0 Å². The average molecular weight is 339 g/mol. The van der Waals surface area contributed by atoms with Crippen LogP contribution in [0.3, 0.4) is 0 Å². The molecule has 0 amide bonds. The molecule has 0 aliphatic carbocycles. The summed E-state index contributed by atoms with van der Waals surface area (Å²) in [7, 11) is -8.97. The third-order valence-electron chi connectivity index (χ3n) is 3.23. The van der Waals surface area contributed by atoms with E-state index in [0.717, 1.165) is 0 Å². The molecule has 0 N–H and O–H groups in total. The van der Waals surface area contributed by atoms with Crippen LogP contribution in [-0.4, -0.2) is 34.2 Å². The summed E-state index contributed by atoms with van der Waals surface area (Å²) < 4.78 is 25.7. The van der Waals surface area contributed by atoms with E-state index in [4.69, 9.17) is 16.5 Å². The van der Waals surface area contributed by atoms with Gasteiger partial charge >= 0.3 is 34.2 Å². The number of hydrogen-bond acceptors (Lipinski definition) is 4. The highest BCUT2D eigenvalue weighted by atomic mass is 28.5. The molecule has 19 heavy (non-hydrogen) atoms. The van der Waals surface area contributed by atoms with Crippen LogP contribution < -0.4 is 0 Å². The Morgan fingerprint density at radius 3 is 1.05 bits per heavy atom. The monoisotopic (exact) mass is 338 g/mol. The summed E-state index contributed by atoms with van der Waals surface area (Å²) in [5, 5.41) is -0.00268. The molecule has 0 radical (unpaired) electrons. The number of hydrogen-bond donors (Lipinski definition) is 0. The van der Waals surface area contributed by atoms with Gasteiger partial charge in [0.2, 0.25) is 0 Å². The van der Waals surface area contributed by atoms with E-state index in [2.05, 4.69) is 66.6 Å². The van der Waals surface area contributed by atoms with E-state index in [-0.39, 0.29) is 5.04 Å². The van der Waals surface area contributed by atoms with Crippen LogP contribution in [0.1, 0.15) is 20.8 Å². The quantitative estimate of drug-likeness (QED) is 0.625. The highest BCUT2D eigenvalue weighted by molar-refractivity contribution is 6.93. The average Bonchev–Trinajstić information content (AvgIpc) is 1.89. The Labute approximate surface area is 122 Å². The van der Waals surface area contributed by atoms with Crippen LogP contribution in [0.25, 0.3) is 0 Å². The first-order valence-corrected chi connectivity index (χ1v) is 17.6. The van der Waals surface area contributed by atoms with Gasteiger partial charge in [-0.25, -0.2) is 0 Å². The van der Waals surface area contributed by atoms with Crippen molar-refractivity contribution < 1.29 is 16.5 Å². The van der Waals surface area contributed by atoms with E-state index >= 15 is 0 Å². The van der Waals surface area contributed by atoms with Crippen molar-refractivity contribution in [1.29, 1.82) is 0 Å². The summed E-state index contributed by atoms with van der Waals surface area (Å²) in [6, 6.07) is 0. The molecule has 1 saturated heterocycles. The molecule has 8 heteroatoms. The third-order valence-corrected chi connectivity index (χ3v) is 20.9. The van der Waals surface area contributed by atoms with Gasteiger partial charge in [-0.1, -0.05) is 20.8 Å². The second-order valence-corrected chi connectivity index (χ2v) is 22.9. The van der Waals surface area contributed by atoms with Crippen molar-refractivity contribution >= 4 is 34.2 Å². The summed E-state index contributed by atoms with van der Waals surface area (Å²) in [6.45, 7) is 21.3. The van der Waals surface area contributed by atoms with Crippen LogP contribution in [0.2, 0.25) is 50.9 Å². The van der Waals surface area contributed by atoms with E-state index in [1.54, 1.807) is 0 Å². The van der Waals surface area contributed by atoms with Gasteiger partial charge in [-0.05, 0) is 45.8 Å². The van der Waals surface area contributed by atoms with Crippen LogP contribution in [0.4, 0.5) is 0 Å². The lowest BCUT2D eigenvalue weighted by Gasteiger charge is -2.51.